The van der Waals surface area contributed by atoms with Gasteiger partial charge in [0.2, 0.25) is 0 Å². The maximum Gasteiger partial charge on any atom is 0.255 e. The summed E-state index contributed by atoms with van der Waals surface area (Å²) in [6.07, 6.45) is 2.72. The third kappa shape index (κ3) is 3.92. The number of nitrogens with one attached hydrogen (secondary N) is 1. The molecule has 0 heterocycles. The molecule has 2 rings (SSSR count). The lowest BCUT2D eigenvalue weighted by Gasteiger charge is -2.12. The fourth-order valence-corrected chi connectivity index (χ4v) is 2.43. The summed E-state index contributed by atoms with van der Waals surface area (Å²) < 4.78 is 0. The van der Waals surface area contributed by atoms with Crippen LogP contribution in [0, 0.1) is 0 Å². The lowest BCUT2D eigenvalue weighted by molar-refractivity contribution is 0.102. The van der Waals surface area contributed by atoms with E-state index in [2.05, 4.69) is 18.3 Å². The Hall–Kier alpha value is -2.13. The highest BCUT2D eigenvalue weighted by Gasteiger charge is 2.12. The highest BCUT2D eigenvalue weighted by atomic mass is 16.1. The van der Waals surface area contributed by atoms with Gasteiger partial charge in [-0.2, -0.15) is 0 Å². The molecular weight excluding hydrogens is 260 g/mol. The van der Waals surface area contributed by atoms with Crippen molar-refractivity contribution in [3.8, 4) is 0 Å². The molecule has 0 aromatic heterocycles. The Kier molecular flexibility index (Phi) is 5.52. The van der Waals surface area contributed by atoms with Gasteiger partial charge in [0.25, 0.3) is 5.91 Å². The van der Waals surface area contributed by atoms with Gasteiger partial charge in [-0.05, 0) is 42.6 Å². The Balaban J connectivity index is 2.22. The third-order valence-corrected chi connectivity index (χ3v) is 3.46. The summed E-state index contributed by atoms with van der Waals surface area (Å²) in [7, 11) is 0. The van der Waals surface area contributed by atoms with Gasteiger partial charge in [0.05, 0.1) is 0 Å². The molecule has 0 spiro atoms. The minimum Gasteiger partial charge on any atom is -0.330 e. The molecule has 0 unspecified atom stereocenters. The van der Waals surface area contributed by atoms with Gasteiger partial charge >= 0.3 is 0 Å². The van der Waals surface area contributed by atoms with Crippen molar-refractivity contribution in [1.29, 1.82) is 0 Å². The molecule has 0 saturated heterocycles. The van der Waals surface area contributed by atoms with Gasteiger partial charge in [0, 0.05) is 11.3 Å². The SMILES string of the molecule is CCCc1ccccc1NC(=O)c1ccccc1CCN. The van der Waals surface area contributed by atoms with Crippen molar-refractivity contribution >= 4 is 11.6 Å². The molecule has 110 valence electrons. The molecule has 0 fully saturated rings. The first-order valence-electron chi connectivity index (χ1n) is 7.43. The van der Waals surface area contributed by atoms with Crippen molar-refractivity contribution in [3.63, 3.8) is 0 Å². The molecule has 21 heavy (non-hydrogen) atoms. The molecule has 0 aliphatic rings. The Morgan fingerprint density at radius 3 is 2.38 bits per heavy atom. The zero-order chi connectivity index (χ0) is 15.1. The quantitative estimate of drug-likeness (QED) is 0.853. The van der Waals surface area contributed by atoms with Gasteiger partial charge < -0.3 is 11.1 Å². The Morgan fingerprint density at radius 2 is 1.67 bits per heavy atom. The van der Waals surface area contributed by atoms with Crippen LogP contribution in [-0.4, -0.2) is 12.5 Å². The molecule has 2 aromatic carbocycles. The van der Waals surface area contributed by atoms with Crippen LogP contribution in [-0.2, 0) is 12.8 Å². The zero-order valence-electron chi connectivity index (χ0n) is 12.4. The van der Waals surface area contributed by atoms with Crippen LogP contribution < -0.4 is 11.1 Å². The minimum atomic E-state index is -0.0670. The number of carbonyl (C=O) groups is 1. The topological polar surface area (TPSA) is 55.1 Å². The van der Waals surface area contributed by atoms with E-state index >= 15 is 0 Å². The van der Waals surface area contributed by atoms with E-state index in [0.717, 1.165) is 24.1 Å². The average Bonchev–Trinajstić information content (AvgIpc) is 2.50. The number of carbonyl (C=O) groups excluding carboxylic acids is 1. The van der Waals surface area contributed by atoms with Crippen LogP contribution in [0.25, 0.3) is 0 Å². The van der Waals surface area contributed by atoms with Crippen molar-refractivity contribution in [1.82, 2.24) is 0 Å². The normalized spacial score (nSPS) is 10.4. The number of para-hydroxylation sites is 1. The lowest BCUT2D eigenvalue weighted by atomic mass is 10.0. The molecule has 2 aromatic rings. The van der Waals surface area contributed by atoms with Gasteiger partial charge in [-0.3, -0.25) is 4.79 Å². The highest BCUT2D eigenvalue weighted by molar-refractivity contribution is 6.05. The van der Waals surface area contributed by atoms with E-state index < -0.39 is 0 Å². The van der Waals surface area contributed by atoms with Crippen LogP contribution in [0.2, 0.25) is 0 Å². The summed E-state index contributed by atoms with van der Waals surface area (Å²) in [5.74, 6) is -0.0670. The average molecular weight is 282 g/mol. The lowest BCUT2D eigenvalue weighted by Crippen LogP contribution is -2.16. The predicted molar refractivity (Wildman–Crippen MR) is 87.6 cm³/mol. The molecule has 3 N–H and O–H groups in total. The van der Waals surface area contributed by atoms with E-state index in [4.69, 9.17) is 5.73 Å². The number of amides is 1. The standard InChI is InChI=1S/C18H22N2O/c1-2-7-15-9-4-6-11-17(15)20-18(21)16-10-5-3-8-14(16)12-13-19/h3-6,8-11H,2,7,12-13,19H2,1H3,(H,20,21). The first-order chi connectivity index (χ1) is 10.3. The Morgan fingerprint density at radius 1 is 1.00 bits per heavy atom. The second-order valence-corrected chi connectivity index (χ2v) is 5.06. The predicted octanol–water partition coefficient (Wildman–Crippen LogP) is 3.39. The van der Waals surface area contributed by atoms with Crippen molar-refractivity contribution in [2.45, 2.75) is 26.2 Å². The van der Waals surface area contributed by atoms with Gasteiger partial charge in [-0.25, -0.2) is 0 Å². The van der Waals surface area contributed by atoms with Gasteiger partial charge in [-0.15, -0.1) is 0 Å². The van der Waals surface area contributed by atoms with E-state index in [1.54, 1.807) is 0 Å². The number of aryl methyl sites for hydroxylation is 1. The van der Waals surface area contributed by atoms with E-state index in [-0.39, 0.29) is 5.91 Å². The van der Waals surface area contributed by atoms with Crippen LogP contribution in [0.5, 0.6) is 0 Å². The highest BCUT2D eigenvalue weighted by Crippen LogP contribution is 2.19. The second-order valence-electron chi connectivity index (χ2n) is 5.06. The molecule has 0 bridgehead atoms. The molecule has 1 amide bonds. The van der Waals surface area contributed by atoms with Crippen LogP contribution in [0.15, 0.2) is 48.5 Å². The monoisotopic (exact) mass is 282 g/mol. The van der Waals surface area contributed by atoms with Crippen molar-refractivity contribution < 1.29 is 4.79 Å². The van der Waals surface area contributed by atoms with Crippen molar-refractivity contribution in [2.24, 2.45) is 5.73 Å². The number of anilines is 1. The van der Waals surface area contributed by atoms with Crippen molar-refractivity contribution in [3.05, 3.63) is 65.2 Å². The summed E-state index contributed by atoms with van der Waals surface area (Å²) in [6.45, 7) is 2.67. The van der Waals surface area contributed by atoms with Crippen LogP contribution in [0.3, 0.4) is 0 Å². The largest absolute Gasteiger partial charge is 0.330 e. The molecule has 0 atom stereocenters. The molecule has 0 radical (unpaired) electrons. The molecule has 3 nitrogen and oxygen atoms in total. The molecule has 0 aliphatic carbocycles. The smallest absolute Gasteiger partial charge is 0.255 e. The number of hydrogen-bond acceptors (Lipinski definition) is 2. The molecular formula is C18H22N2O. The Bertz CT molecular complexity index is 608. The maximum absolute atomic E-state index is 12.5. The first kappa shape index (κ1) is 15.3. The minimum absolute atomic E-state index is 0.0670. The summed E-state index contributed by atoms with van der Waals surface area (Å²) in [5.41, 5.74) is 9.37. The number of hydrogen-bond donors (Lipinski definition) is 2. The molecule has 0 aliphatic heterocycles. The van der Waals surface area contributed by atoms with E-state index in [9.17, 15) is 4.79 Å². The third-order valence-electron chi connectivity index (χ3n) is 3.46. The Labute approximate surface area is 126 Å². The fraction of sp³-hybridized carbons (Fsp3) is 0.278. The summed E-state index contributed by atoms with van der Waals surface area (Å²) in [4.78, 5) is 12.5. The van der Waals surface area contributed by atoms with Gasteiger partial charge in [0.1, 0.15) is 0 Å². The van der Waals surface area contributed by atoms with Crippen LogP contribution in [0.1, 0.15) is 34.8 Å². The molecule has 3 heteroatoms. The number of rotatable bonds is 6. The summed E-state index contributed by atoms with van der Waals surface area (Å²) in [6, 6.07) is 15.6. The summed E-state index contributed by atoms with van der Waals surface area (Å²) in [5, 5.41) is 3.03. The second kappa shape index (κ2) is 7.60. The van der Waals surface area contributed by atoms with E-state index in [1.165, 1.54) is 5.56 Å². The van der Waals surface area contributed by atoms with Gasteiger partial charge in [-0.1, -0.05) is 49.7 Å². The number of nitrogens with two attached hydrogens (primary N) is 1. The number of benzene rings is 2. The summed E-state index contributed by atoms with van der Waals surface area (Å²) >= 11 is 0. The van der Waals surface area contributed by atoms with Crippen molar-refractivity contribution in [2.75, 3.05) is 11.9 Å². The van der Waals surface area contributed by atoms with Gasteiger partial charge in [0.15, 0.2) is 0 Å². The first-order valence-corrected chi connectivity index (χ1v) is 7.43. The van der Waals surface area contributed by atoms with Crippen LogP contribution >= 0.6 is 0 Å². The maximum atomic E-state index is 12.5. The fourth-order valence-electron chi connectivity index (χ4n) is 2.43. The van der Waals surface area contributed by atoms with Crippen LogP contribution in [0.4, 0.5) is 5.69 Å². The van der Waals surface area contributed by atoms with E-state index in [1.807, 2.05) is 42.5 Å². The molecule has 0 saturated carbocycles. The zero-order valence-corrected chi connectivity index (χ0v) is 12.4. The van der Waals surface area contributed by atoms with E-state index in [0.29, 0.717) is 18.5 Å².